The van der Waals surface area contributed by atoms with Crippen LogP contribution in [0.1, 0.15) is 39.2 Å². The Labute approximate surface area is 109 Å². The maximum Gasteiger partial charge on any atom is 0.0961 e. The van der Waals surface area contributed by atoms with E-state index in [9.17, 15) is 0 Å². The maximum atomic E-state index is 4.50. The van der Waals surface area contributed by atoms with E-state index >= 15 is 0 Å². The normalized spacial score (nSPS) is 14.8. The summed E-state index contributed by atoms with van der Waals surface area (Å²) in [6.07, 6.45) is 5.50. The number of nitrogens with zero attached hydrogens (tertiary/aromatic N) is 2. The van der Waals surface area contributed by atoms with E-state index in [0.717, 1.165) is 11.9 Å². The fourth-order valence-electron chi connectivity index (χ4n) is 2.76. The summed E-state index contributed by atoms with van der Waals surface area (Å²) in [7, 11) is 2.06. The van der Waals surface area contributed by atoms with Crippen LogP contribution in [0.3, 0.4) is 0 Å². The lowest BCUT2D eigenvalue weighted by molar-refractivity contribution is 0.342. The van der Waals surface area contributed by atoms with Gasteiger partial charge in [0.05, 0.1) is 23.4 Å². The average Bonchev–Trinajstić information content (AvgIpc) is 2.83. The van der Waals surface area contributed by atoms with Gasteiger partial charge in [0.1, 0.15) is 0 Å². The zero-order valence-electron chi connectivity index (χ0n) is 11.6. The molecule has 0 saturated heterocycles. The molecule has 0 bridgehead atoms. The Morgan fingerprint density at radius 2 is 2.06 bits per heavy atom. The highest BCUT2D eigenvalue weighted by atomic mass is 15.1. The van der Waals surface area contributed by atoms with Crippen molar-refractivity contribution in [2.75, 3.05) is 7.05 Å². The van der Waals surface area contributed by atoms with E-state index in [1.165, 1.54) is 18.4 Å². The topological polar surface area (TPSA) is 29.9 Å². The van der Waals surface area contributed by atoms with Gasteiger partial charge in [0.2, 0.25) is 0 Å². The van der Waals surface area contributed by atoms with Crippen LogP contribution in [0.15, 0.2) is 30.6 Å². The number of imidazole rings is 1. The van der Waals surface area contributed by atoms with E-state index in [1.807, 2.05) is 12.4 Å². The van der Waals surface area contributed by atoms with Gasteiger partial charge >= 0.3 is 0 Å². The molecule has 3 nitrogen and oxygen atoms in total. The van der Waals surface area contributed by atoms with Crippen LogP contribution in [0.2, 0.25) is 0 Å². The SMILES string of the molecule is CCCC(NC)C(CC)n1cnc2ccccc21. The quantitative estimate of drug-likeness (QED) is 0.845. The second-order valence-electron chi connectivity index (χ2n) is 4.80. The standard InChI is InChI=1S/C15H23N3/c1-4-8-12(16-3)14(5-2)18-11-17-13-9-6-7-10-15(13)18/h6-7,9-12,14,16H,4-5,8H2,1-3H3. The van der Waals surface area contributed by atoms with Gasteiger partial charge in [0.15, 0.2) is 0 Å². The molecule has 1 heterocycles. The number of nitrogens with one attached hydrogen (secondary N) is 1. The fraction of sp³-hybridized carbons (Fsp3) is 0.533. The Bertz CT molecular complexity index is 489. The largest absolute Gasteiger partial charge is 0.326 e. The van der Waals surface area contributed by atoms with Crippen molar-refractivity contribution in [3.63, 3.8) is 0 Å². The number of para-hydroxylation sites is 2. The number of rotatable bonds is 6. The van der Waals surface area contributed by atoms with Gasteiger partial charge < -0.3 is 9.88 Å². The third kappa shape index (κ3) is 2.41. The van der Waals surface area contributed by atoms with Crippen molar-refractivity contribution in [1.29, 1.82) is 0 Å². The summed E-state index contributed by atoms with van der Waals surface area (Å²) in [5, 5.41) is 3.46. The summed E-state index contributed by atoms with van der Waals surface area (Å²) < 4.78 is 2.33. The molecule has 0 radical (unpaired) electrons. The Hall–Kier alpha value is -1.35. The Balaban J connectivity index is 2.37. The molecule has 1 N–H and O–H groups in total. The van der Waals surface area contributed by atoms with Crippen molar-refractivity contribution in [2.45, 2.75) is 45.2 Å². The number of benzene rings is 1. The van der Waals surface area contributed by atoms with Crippen LogP contribution in [0.4, 0.5) is 0 Å². The van der Waals surface area contributed by atoms with Crippen LogP contribution in [0.25, 0.3) is 11.0 Å². The van der Waals surface area contributed by atoms with Crippen molar-refractivity contribution >= 4 is 11.0 Å². The van der Waals surface area contributed by atoms with E-state index in [0.29, 0.717) is 12.1 Å². The molecule has 0 amide bonds. The van der Waals surface area contributed by atoms with Gasteiger partial charge in [-0.05, 0) is 32.0 Å². The Kier molecular flexibility index (Phi) is 4.37. The second kappa shape index (κ2) is 6.01. The summed E-state index contributed by atoms with van der Waals surface area (Å²) in [6.45, 7) is 4.49. The summed E-state index contributed by atoms with van der Waals surface area (Å²) in [5.41, 5.74) is 2.32. The lowest BCUT2D eigenvalue weighted by Gasteiger charge is -2.27. The van der Waals surface area contributed by atoms with Crippen molar-refractivity contribution in [3.05, 3.63) is 30.6 Å². The van der Waals surface area contributed by atoms with Crippen molar-refractivity contribution in [1.82, 2.24) is 14.9 Å². The number of aromatic nitrogens is 2. The molecule has 0 fully saturated rings. The first-order valence-corrected chi connectivity index (χ1v) is 6.90. The van der Waals surface area contributed by atoms with Crippen LogP contribution in [-0.4, -0.2) is 22.6 Å². The zero-order valence-corrected chi connectivity index (χ0v) is 11.6. The van der Waals surface area contributed by atoms with Crippen LogP contribution in [-0.2, 0) is 0 Å². The molecule has 0 aliphatic heterocycles. The molecule has 18 heavy (non-hydrogen) atoms. The van der Waals surface area contributed by atoms with Crippen LogP contribution >= 0.6 is 0 Å². The number of likely N-dealkylation sites (N-methyl/N-ethyl adjacent to an activating group) is 1. The van der Waals surface area contributed by atoms with Crippen LogP contribution < -0.4 is 5.32 Å². The van der Waals surface area contributed by atoms with Crippen molar-refractivity contribution < 1.29 is 0 Å². The Morgan fingerprint density at radius 3 is 2.72 bits per heavy atom. The summed E-state index contributed by atoms with van der Waals surface area (Å²) in [5.74, 6) is 0. The highest BCUT2D eigenvalue weighted by molar-refractivity contribution is 5.75. The molecule has 2 aromatic rings. The zero-order chi connectivity index (χ0) is 13.0. The molecule has 2 unspecified atom stereocenters. The average molecular weight is 245 g/mol. The molecule has 1 aromatic heterocycles. The second-order valence-corrected chi connectivity index (χ2v) is 4.80. The first-order valence-electron chi connectivity index (χ1n) is 6.90. The molecule has 98 valence electrons. The van der Waals surface area contributed by atoms with E-state index in [-0.39, 0.29) is 0 Å². The van der Waals surface area contributed by atoms with Gasteiger partial charge in [0.25, 0.3) is 0 Å². The molecule has 0 aliphatic rings. The van der Waals surface area contributed by atoms with Crippen molar-refractivity contribution in [2.24, 2.45) is 0 Å². The molecule has 0 saturated carbocycles. The first kappa shape index (κ1) is 13.1. The van der Waals surface area contributed by atoms with Crippen molar-refractivity contribution in [3.8, 4) is 0 Å². The number of hydrogen-bond donors (Lipinski definition) is 1. The highest BCUT2D eigenvalue weighted by Gasteiger charge is 2.20. The molecular formula is C15H23N3. The molecular weight excluding hydrogens is 222 g/mol. The van der Waals surface area contributed by atoms with Gasteiger partial charge in [-0.2, -0.15) is 0 Å². The third-order valence-electron chi connectivity index (χ3n) is 3.69. The molecule has 3 heteroatoms. The van der Waals surface area contributed by atoms with Gasteiger partial charge in [-0.3, -0.25) is 0 Å². The van der Waals surface area contributed by atoms with Gasteiger partial charge in [-0.1, -0.05) is 32.4 Å². The maximum absolute atomic E-state index is 4.50. The molecule has 2 atom stereocenters. The van der Waals surface area contributed by atoms with E-state index in [1.54, 1.807) is 0 Å². The minimum Gasteiger partial charge on any atom is -0.326 e. The Morgan fingerprint density at radius 1 is 1.28 bits per heavy atom. The molecule has 0 aliphatic carbocycles. The molecule has 2 rings (SSSR count). The summed E-state index contributed by atoms with van der Waals surface area (Å²) in [4.78, 5) is 4.50. The van der Waals surface area contributed by atoms with Crippen LogP contribution in [0, 0.1) is 0 Å². The van der Waals surface area contributed by atoms with Gasteiger partial charge in [-0.25, -0.2) is 4.98 Å². The highest BCUT2D eigenvalue weighted by Crippen LogP contribution is 2.24. The predicted octanol–water partition coefficient (Wildman–Crippen LogP) is 3.38. The summed E-state index contributed by atoms with van der Waals surface area (Å²) in [6, 6.07) is 9.35. The minimum atomic E-state index is 0.474. The van der Waals surface area contributed by atoms with E-state index in [4.69, 9.17) is 0 Å². The lowest BCUT2D eigenvalue weighted by Crippen LogP contribution is -2.34. The van der Waals surface area contributed by atoms with E-state index in [2.05, 4.69) is 54.0 Å². The van der Waals surface area contributed by atoms with Gasteiger partial charge in [0, 0.05) is 6.04 Å². The summed E-state index contributed by atoms with van der Waals surface area (Å²) >= 11 is 0. The first-order chi connectivity index (χ1) is 8.81. The smallest absolute Gasteiger partial charge is 0.0961 e. The third-order valence-corrected chi connectivity index (χ3v) is 3.69. The minimum absolute atomic E-state index is 0.474. The lowest BCUT2D eigenvalue weighted by atomic mass is 10.0. The van der Waals surface area contributed by atoms with E-state index < -0.39 is 0 Å². The number of fused-ring (bicyclic) bond motifs is 1. The molecule has 1 aromatic carbocycles. The van der Waals surface area contributed by atoms with Gasteiger partial charge in [-0.15, -0.1) is 0 Å². The number of hydrogen-bond acceptors (Lipinski definition) is 2. The predicted molar refractivity (Wildman–Crippen MR) is 76.8 cm³/mol. The monoisotopic (exact) mass is 245 g/mol. The van der Waals surface area contributed by atoms with Crippen LogP contribution in [0.5, 0.6) is 0 Å². The fourth-order valence-corrected chi connectivity index (χ4v) is 2.76. The molecule has 0 spiro atoms.